The Balaban J connectivity index is 1.44. The summed E-state index contributed by atoms with van der Waals surface area (Å²) in [5, 5.41) is 4.31. The molecule has 3 aromatic rings. The maximum atomic E-state index is 12.6. The van der Waals surface area contributed by atoms with Gasteiger partial charge in [0.05, 0.1) is 25.9 Å². The lowest BCUT2D eigenvalue weighted by atomic mass is 10.2. The monoisotopic (exact) mass is 352 g/mol. The van der Waals surface area contributed by atoms with Crippen LogP contribution in [0.3, 0.4) is 0 Å². The molecule has 1 fully saturated rings. The fourth-order valence-corrected chi connectivity index (χ4v) is 4.09. The summed E-state index contributed by atoms with van der Waals surface area (Å²) in [6.45, 7) is 5.29. The molecule has 5 heteroatoms. The lowest BCUT2D eigenvalue weighted by Gasteiger charge is -2.23. The Labute approximate surface area is 153 Å². The maximum absolute atomic E-state index is 12.6. The van der Waals surface area contributed by atoms with E-state index in [1.54, 1.807) is 6.26 Å². The Morgan fingerprint density at radius 2 is 2.04 bits per heavy atom. The molecular formula is C21H26N3O2+. The Morgan fingerprint density at radius 3 is 2.81 bits per heavy atom. The SMILES string of the molecule is Cc1cc2ccccc2n1CC(=O)NC[C@H](c1ccco1)[NH+]1CCCC1. The molecule has 1 aliphatic rings. The third-order valence-corrected chi connectivity index (χ3v) is 5.45. The molecule has 0 radical (unpaired) electrons. The van der Waals surface area contributed by atoms with Crippen LogP contribution in [-0.2, 0) is 11.3 Å². The summed E-state index contributed by atoms with van der Waals surface area (Å²) in [5.41, 5.74) is 2.21. The fraction of sp³-hybridized carbons (Fsp3) is 0.381. The quantitative estimate of drug-likeness (QED) is 0.714. The van der Waals surface area contributed by atoms with E-state index in [0.29, 0.717) is 13.1 Å². The van der Waals surface area contributed by atoms with E-state index in [4.69, 9.17) is 4.42 Å². The van der Waals surface area contributed by atoms with Crippen LogP contribution >= 0.6 is 0 Å². The first-order valence-corrected chi connectivity index (χ1v) is 9.42. The second-order valence-corrected chi connectivity index (χ2v) is 7.17. The second-order valence-electron chi connectivity index (χ2n) is 7.17. The second kappa shape index (κ2) is 7.38. The summed E-state index contributed by atoms with van der Waals surface area (Å²) in [6.07, 6.45) is 4.21. The number of aryl methyl sites for hydroxylation is 1. The molecule has 3 heterocycles. The number of nitrogens with zero attached hydrogens (tertiary/aromatic N) is 1. The van der Waals surface area contributed by atoms with E-state index in [-0.39, 0.29) is 11.9 Å². The number of carbonyl (C=O) groups is 1. The molecule has 0 spiro atoms. The van der Waals surface area contributed by atoms with Gasteiger partial charge >= 0.3 is 0 Å². The third-order valence-electron chi connectivity index (χ3n) is 5.45. The predicted octanol–water partition coefficient (Wildman–Crippen LogP) is 2.08. The summed E-state index contributed by atoms with van der Waals surface area (Å²) in [6, 6.07) is 14.5. The van der Waals surface area contributed by atoms with Gasteiger partial charge in [-0.15, -0.1) is 0 Å². The van der Waals surface area contributed by atoms with Crippen LogP contribution in [0.4, 0.5) is 0 Å². The van der Waals surface area contributed by atoms with Crippen molar-refractivity contribution in [1.82, 2.24) is 9.88 Å². The van der Waals surface area contributed by atoms with E-state index < -0.39 is 0 Å². The highest BCUT2D eigenvalue weighted by Crippen LogP contribution is 2.19. The van der Waals surface area contributed by atoms with Gasteiger partial charge in [-0.05, 0) is 36.6 Å². The van der Waals surface area contributed by atoms with Gasteiger partial charge in [-0.1, -0.05) is 18.2 Å². The number of quaternary nitrogens is 1. The first-order chi connectivity index (χ1) is 12.7. The summed E-state index contributed by atoms with van der Waals surface area (Å²) in [4.78, 5) is 14.1. The molecule has 1 saturated heterocycles. The zero-order valence-corrected chi connectivity index (χ0v) is 15.2. The molecule has 4 rings (SSSR count). The molecular weight excluding hydrogens is 326 g/mol. The van der Waals surface area contributed by atoms with Crippen molar-refractivity contribution >= 4 is 16.8 Å². The van der Waals surface area contributed by atoms with Gasteiger partial charge < -0.3 is 19.2 Å². The van der Waals surface area contributed by atoms with Crippen LogP contribution in [0.2, 0.25) is 0 Å². The van der Waals surface area contributed by atoms with E-state index in [1.165, 1.54) is 23.1 Å². The average Bonchev–Trinajstić information content (AvgIpc) is 3.38. The van der Waals surface area contributed by atoms with Gasteiger partial charge in [0.25, 0.3) is 0 Å². The zero-order valence-electron chi connectivity index (χ0n) is 15.2. The molecule has 2 N–H and O–H groups in total. The minimum Gasteiger partial charge on any atom is -0.463 e. The summed E-state index contributed by atoms with van der Waals surface area (Å²) in [5.74, 6) is 1.01. The first-order valence-electron chi connectivity index (χ1n) is 9.42. The van der Waals surface area contributed by atoms with E-state index in [0.717, 1.165) is 30.1 Å². The normalized spacial score (nSPS) is 16.2. The van der Waals surface area contributed by atoms with Crippen molar-refractivity contribution in [3.63, 3.8) is 0 Å². The van der Waals surface area contributed by atoms with Crippen LogP contribution in [0.5, 0.6) is 0 Å². The molecule has 26 heavy (non-hydrogen) atoms. The minimum atomic E-state index is 0.0459. The number of carbonyl (C=O) groups excluding carboxylic acids is 1. The van der Waals surface area contributed by atoms with Gasteiger partial charge in [0.2, 0.25) is 5.91 Å². The zero-order chi connectivity index (χ0) is 17.9. The standard InChI is InChI=1S/C21H25N3O2/c1-16-13-17-7-2-3-8-18(17)24(16)15-21(25)22-14-19(20-9-6-12-26-20)23-10-4-5-11-23/h2-3,6-9,12-13,19H,4-5,10-11,14-15H2,1H3,(H,22,25)/p+1/t19-/m1/s1. The molecule has 136 valence electrons. The molecule has 1 aromatic carbocycles. The van der Waals surface area contributed by atoms with Crippen molar-refractivity contribution in [1.29, 1.82) is 0 Å². The van der Waals surface area contributed by atoms with Crippen LogP contribution in [0.15, 0.2) is 53.1 Å². The Bertz CT molecular complexity index is 876. The van der Waals surface area contributed by atoms with Gasteiger partial charge in [0.1, 0.15) is 6.54 Å². The van der Waals surface area contributed by atoms with Crippen molar-refractivity contribution in [2.45, 2.75) is 32.4 Å². The lowest BCUT2D eigenvalue weighted by Crippen LogP contribution is -3.11. The van der Waals surface area contributed by atoms with Crippen LogP contribution in [-0.4, -0.2) is 30.1 Å². The molecule has 1 aliphatic heterocycles. The number of para-hydroxylation sites is 1. The van der Waals surface area contributed by atoms with Crippen molar-refractivity contribution in [2.24, 2.45) is 0 Å². The molecule has 1 amide bonds. The predicted molar refractivity (Wildman–Crippen MR) is 101 cm³/mol. The van der Waals surface area contributed by atoms with Gasteiger partial charge in [-0.25, -0.2) is 0 Å². The molecule has 1 atom stereocenters. The van der Waals surface area contributed by atoms with Gasteiger partial charge in [0, 0.05) is 24.1 Å². The number of hydrogen-bond acceptors (Lipinski definition) is 2. The molecule has 0 saturated carbocycles. The number of benzene rings is 1. The number of likely N-dealkylation sites (tertiary alicyclic amines) is 1. The number of nitrogens with one attached hydrogen (secondary N) is 2. The summed E-state index contributed by atoms with van der Waals surface area (Å²) >= 11 is 0. The summed E-state index contributed by atoms with van der Waals surface area (Å²) in [7, 11) is 0. The van der Waals surface area contributed by atoms with Crippen molar-refractivity contribution < 1.29 is 14.1 Å². The molecule has 0 unspecified atom stereocenters. The minimum absolute atomic E-state index is 0.0459. The number of fused-ring (bicyclic) bond motifs is 1. The Kier molecular flexibility index (Phi) is 4.80. The van der Waals surface area contributed by atoms with Crippen LogP contribution in [0.1, 0.15) is 30.3 Å². The number of aromatic nitrogens is 1. The lowest BCUT2D eigenvalue weighted by molar-refractivity contribution is -0.919. The van der Waals surface area contributed by atoms with Gasteiger partial charge in [0.15, 0.2) is 11.8 Å². The van der Waals surface area contributed by atoms with Crippen molar-refractivity contribution in [2.75, 3.05) is 19.6 Å². The van der Waals surface area contributed by atoms with E-state index in [1.807, 2.05) is 31.2 Å². The molecule has 2 aromatic heterocycles. The highest BCUT2D eigenvalue weighted by molar-refractivity contribution is 5.84. The van der Waals surface area contributed by atoms with E-state index >= 15 is 0 Å². The largest absolute Gasteiger partial charge is 0.463 e. The Morgan fingerprint density at radius 1 is 1.23 bits per heavy atom. The Hall–Kier alpha value is -2.53. The van der Waals surface area contributed by atoms with Crippen molar-refractivity contribution in [3.8, 4) is 0 Å². The third kappa shape index (κ3) is 3.40. The fourth-order valence-electron chi connectivity index (χ4n) is 4.09. The van der Waals surface area contributed by atoms with Crippen molar-refractivity contribution in [3.05, 3.63) is 60.2 Å². The molecule has 0 bridgehead atoms. The average molecular weight is 352 g/mol. The number of furan rings is 1. The van der Waals surface area contributed by atoms with Crippen LogP contribution in [0.25, 0.3) is 10.9 Å². The van der Waals surface area contributed by atoms with E-state index in [9.17, 15) is 4.79 Å². The van der Waals surface area contributed by atoms with Crippen LogP contribution in [0, 0.1) is 6.92 Å². The number of amides is 1. The summed E-state index contributed by atoms with van der Waals surface area (Å²) < 4.78 is 7.72. The number of rotatable bonds is 6. The highest BCUT2D eigenvalue weighted by Gasteiger charge is 2.29. The van der Waals surface area contributed by atoms with Crippen LogP contribution < -0.4 is 10.2 Å². The topological polar surface area (TPSA) is 51.6 Å². The molecule has 0 aliphatic carbocycles. The maximum Gasteiger partial charge on any atom is 0.240 e. The van der Waals surface area contributed by atoms with Gasteiger partial charge in [-0.2, -0.15) is 0 Å². The molecule has 5 nitrogen and oxygen atoms in total. The number of hydrogen-bond donors (Lipinski definition) is 2. The smallest absolute Gasteiger partial charge is 0.240 e. The first kappa shape index (κ1) is 16.9. The van der Waals surface area contributed by atoms with E-state index in [2.05, 4.69) is 28.1 Å². The van der Waals surface area contributed by atoms with Gasteiger partial charge in [-0.3, -0.25) is 4.79 Å². The highest BCUT2D eigenvalue weighted by atomic mass is 16.3.